The van der Waals surface area contributed by atoms with E-state index in [1.165, 1.54) is 28.2 Å². The number of hydrogen-bond acceptors (Lipinski definition) is 1. The van der Waals surface area contributed by atoms with Crippen LogP contribution in [-0.2, 0) is 6.42 Å². The second-order valence-corrected chi connectivity index (χ2v) is 4.55. The number of nitrogens with two attached hydrogens (primary N) is 1. The lowest BCUT2D eigenvalue weighted by molar-refractivity contribution is 0.921. The Morgan fingerprint density at radius 3 is 2.24 bits per heavy atom. The van der Waals surface area contributed by atoms with Gasteiger partial charge in [-0.1, -0.05) is 12.1 Å². The first-order chi connectivity index (χ1) is 8.15. The molecule has 0 amide bonds. The maximum atomic E-state index is 5.65. The number of benzene rings is 1. The molecule has 0 aliphatic heterocycles. The van der Waals surface area contributed by atoms with Gasteiger partial charge < -0.3 is 10.3 Å². The largest absolute Gasteiger partial charge is 0.330 e. The molecule has 0 radical (unpaired) electrons. The third-order valence-electron chi connectivity index (χ3n) is 3.34. The third-order valence-corrected chi connectivity index (χ3v) is 3.34. The summed E-state index contributed by atoms with van der Waals surface area (Å²) in [5.74, 6) is 0. The van der Waals surface area contributed by atoms with E-state index in [4.69, 9.17) is 5.73 Å². The molecule has 0 saturated heterocycles. The number of rotatable bonds is 3. The first kappa shape index (κ1) is 11.9. The molecule has 2 rings (SSSR count). The molecule has 1 aromatic heterocycles. The summed E-state index contributed by atoms with van der Waals surface area (Å²) in [6.45, 7) is 7.16. The average molecular weight is 228 g/mol. The van der Waals surface area contributed by atoms with Gasteiger partial charge in [0.25, 0.3) is 0 Å². The second-order valence-electron chi connectivity index (χ2n) is 4.55. The second kappa shape index (κ2) is 4.76. The van der Waals surface area contributed by atoms with E-state index in [0.29, 0.717) is 6.54 Å². The molecule has 0 spiro atoms. The zero-order valence-corrected chi connectivity index (χ0v) is 10.8. The van der Waals surface area contributed by atoms with Crippen LogP contribution in [0, 0.1) is 20.8 Å². The maximum Gasteiger partial charge on any atom is 0.0486 e. The van der Waals surface area contributed by atoms with Gasteiger partial charge in [0.2, 0.25) is 0 Å². The van der Waals surface area contributed by atoms with Crippen molar-refractivity contribution in [1.82, 2.24) is 4.57 Å². The summed E-state index contributed by atoms with van der Waals surface area (Å²) in [6, 6.07) is 10.8. The van der Waals surface area contributed by atoms with Crippen molar-refractivity contribution in [3.05, 3.63) is 52.8 Å². The fraction of sp³-hybridized carbons (Fsp3) is 0.333. The summed E-state index contributed by atoms with van der Waals surface area (Å²) >= 11 is 0. The van der Waals surface area contributed by atoms with Gasteiger partial charge in [-0.15, -0.1) is 0 Å². The molecule has 0 fully saturated rings. The zero-order chi connectivity index (χ0) is 12.4. The Morgan fingerprint density at radius 1 is 1.00 bits per heavy atom. The molecule has 2 heteroatoms. The van der Waals surface area contributed by atoms with Crippen molar-refractivity contribution < 1.29 is 0 Å². The van der Waals surface area contributed by atoms with Gasteiger partial charge in [0, 0.05) is 17.1 Å². The van der Waals surface area contributed by atoms with E-state index < -0.39 is 0 Å². The topological polar surface area (TPSA) is 30.9 Å². The van der Waals surface area contributed by atoms with Crippen LogP contribution >= 0.6 is 0 Å². The number of aryl methyl sites for hydroxylation is 2. The van der Waals surface area contributed by atoms with Crippen molar-refractivity contribution in [1.29, 1.82) is 0 Å². The molecule has 2 nitrogen and oxygen atoms in total. The first-order valence-corrected chi connectivity index (χ1v) is 6.09. The Bertz CT molecular complexity index is 504. The Kier molecular flexibility index (Phi) is 3.34. The number of hydrogen-bond donors (Lipinski definition) is 1. The van der Waals surface area contributed by atoms with Crippen molar-refractivity contribution in [3.8, 4) is 5.69 Å². The van der Waals surface area contributed by atoms with E-state index in [1.807, 2.05) is 0 Å². The van der Waals surface area contributed by atoms with E-state index in [0.717, 1.165) is 6.42 Å². The molecule has 2 N–H and O–H groups in total. The van der Waals surface area contributed by atoms with Gasteiger partial charge in [0.15, 0.2) is 0 Å². The van der Waals surface area contributed by atoms with Gasteiger partial charge >= 0.3 is 0 Å². The lowest BCUT2D eigenvalue weighted by atomic mass is 10.0. The Labute approximate surface area is 103 Å². The molecule has 0 aliphatic rings. The average Bonchev–Trinajstić information content (AvgIpc) is 2.63. The third kappa shape index (κ3) is 2.13. The van der Waals surface area contributed by atoms with Crippen LogP contribution in [-0.4, -0.2) is 11.1 Å². The van der Waals surface area contributed by atoms with Crippen LogP contribution in [0.4, 0.5) is 0 Å². The van der Waals surface area contributed by atoms with E-state index in [9.17, 15) is 0 Å². The van der Waals surface area contributed by atoms with Crippen molar-refractivity contribution in [3.63, 3.8) is 0 Å². The Hall–Kier alpha value is -1.54. The minimum absolute atomic E-state index is 0.702. The van der Waals surface area contributed by atoms with Gasteiger partial charge in [0.05, 0.1) is 0 Å². The van der Waals surface area contributed by atoms with E-state index >= 15 is 0 Å². The van der Waals surface area contributed by atoms with Crippen LogP contribution in [0.1, 0.15) is 22.5 Å². The molecule has 1 heterocycles. The van der Waals surface area contributed by atoms with Gasteiger partial charge in [-0.2, -0.15) is 0 Å². The SMILES string of the molecule is Cc1c(CCN)cccc1-n1c(C)ccc1C. The van der Waals surface area contributed by atoms with E-state index in [1.54, 1.807) is 0 Å². The highest BCUT2D eigenvalue weighted by Gasteiger charge is 2.08. The molecule has 0 aliphatic carbocycles. The monoisotopic (exact) mass is 228 g/mol. The van der Waals surface area contributed by atoms with Crippen LogP contribution in [0.25, 0.3) is 5.69 Å². The zero-order valence-electron chi connectivity index (χ0n) is 10.8. The van der Waals surface area contributed by atoms with Crippen LogP contribution in [0.5, 0.6) is 0 Å². The van der Waals surface area contributed by atoms with Crippen molar-refractivity contribution >= 4 is 0 Å². The summed E-state index contributed by atoms with van der Waals surface area (Å²) in [5.41, 5.74) is 12.2. The highest BCUT2D eigenvalue weighted by molar-refractivity contribution is 5.48. The van der Waals surface area contributed by atoms with Crippen LogP contribution < -0.4 is 5.73 Å². The quantitative estimate of drug-likeness (QED) is 0.860. The minimum Gasteiger partial charge on any atom is -0.330 e. The molecule has 17 heavy (non-hydrogen) atoms. The summed E-state index contributed by atoms with van der Waals surface area (Å²) < 4.78 is 2.30. The molecule has 90 valence electrons. The highest BCUT2D eigenvalue weighted by Crippen LogP contribution is 2.22. The lowest BCUT2D eigenvalue weighted by Crippen LogP contribution is -2.07. The Morgan fingerprint density at radius 2 is 1.65 bits per heavy atom. The molecule has 0 bridgehead atoms. The molecule has 0 saturated carbocycles. The molecule has 1 aromatic carbocycles. The van der Waals surface area contributed by atoms with Gasteiger partial charge in [0.1, 0.15) is 0 Å². The smallest absolute Gasteiger partial charge is 0.0486 e. The van der Waals surface area contributed by atoms with E-state index in [-0.39, 0.29) is 0 Å². The van der Waals surface area contributed by atoms with Gasteiger partial charge in [-0.05, 0) is 63.1 Å². The molecular weight excluding hydrogens is 208 g/mol. The standard InChI is InChI=1S/C15H20N2/c1-11-7-8-12(2)17(11)15-6-4-5-14(9-10-16)13(15)3/h4-8H,9-10,16H2,1-3H3. The summed E-state index contributed by atoms with van der Waals surface area (Å²) in [6.07, 6.45) is 0.943. The predicted octanol–water partition coefficient (Wildman–Crippen LogP) is 2.90. The normalized spacial score (nSPS) is 10.8. The summed E-state index contributed by atoms with van der Waals surface area (Å²) in [4.78, 5) is 0. The first-order valence-electron chi connectivity index (χ1n) is 6.09. The van der Waals surface area contributed by atoms with Crippen LogP contribution in [0.2, 0.25) is 0 Å². The van der Waals surface area contributed by atoms with Crippen molar-refractivity contribution in [2.75, 3.05) is 6.54 Å². The van der Waals surface area contributed by atoms with Crippen molar-refractivity contribution in [2.45, 2.75) is 27.2 Å². The van der Waals surface area contributed by atoms with Gasteiger partial charge in [-0.25, -0.2) is 0 Å². The van der Waals surface area contributed by atoms with Crippen LogP contribution in [0.15, 0.2) is 30.3 Å². The molecule has 0 unspecified atom stereocenters. The summed E-state index contributed by atoms with van der Waals surface area (Å²) in [5, 5.41) is 0. The van der Waals surface area contributed by atoms with E-state index in [2.05, 4.69) is 55.7 Å². The van der Waals surface area contributed by atoms with Crippen LogP contribution in [0.3, 0.4) is 0 Å². The molecular formula is C15H20N2. The summed E-state index contributed by atoms with van der Waals surface area (Å²) in [7, 11) is 0. The fourth-order valence-electron chi connectivity index (χ4n) is 2.39. The Balaban J connectivity index is 2.56. The molecule has 2 aromatic rings. The molecule has 0 atom stereocenters. The van der Waals surface area contributed by atoms with Gasteiger partial charge in [-0.3, -0.25) is 0 Å². The number of aromatic nitrogens is 1. The fourth-order valence-corrected chi connectivity index (χ4v) is 2.39. The number of nitrogens with zero attached hydrogens (tertiary/aromatic N) is 1. The highest BCUT2D eigenvalue weighted by atomic mass is 15.0. The predicted molar refractivity (Wildman–Crippen MR) is 72.7 cm³/mol. The minimum atomic E-state index is 0.702. The van der Waals surface area contributed by atoms with Crippen molar-refractivity contribution in [2.24, 2.45) is 5.73 Å². The lowest BCUT2D eigenvalue weighted by Gasteiger charge is -2.15. The maximum absolute atomic E-state index is 5.65.